The molecule has 2 atom stereocenters. The lowest BCUT2D eigenvalue weighted by Crippen LogP contribution is -2.31. The fourth-order valence-corrected chi connectivity index (χ4v) is 3.73. The van der Waals surface area contributed by atoms with Crippen molar-refractivity contribution in [2.24, 2.45) is 5.92 Å². The number of aryl methyl sites for hydroxylation is 2. The van der Waals surface area contributed by atoms with Crippen LogP contribution < -0.4 is 0 Å². The maximum absolute atomic E-state index is 5.18. The highest BCUT2D eigenvalue weighted by molar-refractivity contribution is 5.17. The van der Waals surface area contributed by atoms with E-state index in [4.69, 9.17) is 4.52 Å². The molecule has 0 unspecified atom stereocenters. The lowest BCUT2D eigenvalue weighted by Gasteiger charge is -2.28. The maximum Gasteiger partial charge on any atom is 0.226 e. The van der Waals surface area contributed by atoms with Crippen LogP contribution in [0.1, 0.15) is 36.2 Å². The molecule has 1 aliphatic heterocycles. The summed E-state index contributed by atoms with van der Waals surface area (Å²) in [5.41, 5.74) is 1.33. The Kier molecular flexibility index (Phi) is 5.58. The van der Waals surface area contributed by atoms with E-state index in [1.165, 1.54) is 12.0 Å². The molecule has 1 saturated heterocycles. The first-order valence-corrected chi connectivity index (χ1v) is 8.71. The van der Waals surface area contributed by atoms with Crippen LogP contribution in [-0.4, -0.2) is 58.7 Å². The molecule has 6 heteroatoms. The monoisotopic (exact) mass is 329 g/mol. The lowest BCUT2D eigenvalue weighted by molar-refractivity contribution is 0.215. The Morgan fingerprint density at radius 2 is 2.29 bits per heavy atom. The van der Waals surface area contributed by atoms with E-state index in [2.05, 4.69) is 45.1 Å². The van der Waals surface area contributed by atoms with Crippen LogP contribution in [-0.2, 0) is 6.42 Å². The van der Waals surface area contributed by atoms with Gasteiger partial charge in [0.25, 0.3) is 0 Å². The van der Waals surface area contributed by atoms with Crippen LogP contribution in [0.2, 0.25) is 0 Å². The van der Waals surface area contributed by atoms with Crippen molar-refractivity contribution in [2.45, 2.75) is 32.2 Å². The van der Waals surface area contributed by atoms with Crippen molar-refractivity contribution in [2.75, 3.05) is 33.7 Å². The van der Waals surface area contributed by atoms with Gasteiger partial charge in [-0.3, -0.25) is 9.88 Å². The SMILES string of the molecule is Cc1noc(CCCN(C)C[C@@H]2CCN(C)[C@H]2c2cccnc2)n1. The van der Waals surface area contributed by atoms with Gasteiger partial charge < -0.3 is 9.42 Å². The average molecular weight is 329 g/mol. The molecular formula is C18H27N5O. The molecule has 0 aromatic carbocycles. The van der Waals surface area contributed by atoms with Gasteiger partial charge in [0.15, 0.2) is 5.82 Å². The minimum Gasteiger partial charge on any atom is -0.339 e. The molecule has 0 spiro atoms. The Labute approximate surface area is 143 Å². The van der Waals surface area contributed by atoms with Crippen LogP contribution in [0, 0.1) is 12.8 Å². The quantitative estimate of drug-likeness (QED) is 0.777. The number of rotatable bonds is 7. The Morgan fingerprint density at radius 1 is 1.42 bits per heavy atom. The number of pyridine rings is 1. The van der Waals surface area contributed by atoms with Gasteiger partial charge in [-0.1, -0.05) is 11.2 Å². The third kappa shape index (κ3) is 4.19. The molecule has 0 N–H and O–H groups in total. The standard InChI is InChI=1S/C18H27N5O/c1-14-20-17(24-21-14)7-5-10-22(2)13-16-8-11-23(3)18(16)15-6-4-9-19-12-15/h4,6,9,12,16,18H,5,7-8,10-11,13H2,1-3H3/t16-,18-/m0/s1. The Morgan fingerprint density at radius 3 is 3.00 bits per heavy atom. The highest BCUT2D eigenvalue weighted by atomic mass is 16.5. The summed E-state index contributed by atoms with van der Waals surface area (Å²) in [4.78, 5) is 13.4. The second kappa shape index (κ2) is 7.85. The van der Waals surface area contributed by atoms with Gasteiger partial charge in [-0.15, -0.1) is 0 Å². The molecule has 24 heavy (non-hydrogen) atoms. The predicted molar refractivity (Wildman–Crippen MR) is 92.6 cm³/mol. The number of hydrogen-bond acceptors (Lipinski definition) is 6. The molecule has 0 saturated carbocycles. The van der Waals surface area contributed by atoms with Gasteiger partial charge in [-0.2, -0.15) is 4.98 Å². The van der Waals surface area contributed by atoms with Crippen molar-refractivity contribution < 1.29 is 4.52 Å². The van der Waals surface area contributed by atoms with Crippen molar-refractivity contribution in [3.63, 3.8) is 0 Å². The third-order valence-corrected chi connectivity index (χ3v) is 4.85. The van der Waals surface area contributed by atoms with Crippen LogP contribution in [0.25, 0.3) is 0 Å². The maximum atomic E-state index is 5.18. The first-order valence-electron chi connectivity index (χ1n) is 8.71. The third-order valence-electron chi connectivity index (χ3n) is 4.85. The number of nitrogens with zero attached hydrogens (tertiary/aromatic N) is 5. The van der Waals surface area contributed by atoms with E-state index in [-0.39, 0.29) is 0 Å². The average Bonchev–Trinajstić information content (AvgIpc) is 3.14. The van der Waals surface area contributed by atoms with Crippen LogP contribution in [0.5, 0.6) is 0 Å². The molecule has 0 bridgehead atoms. The van der Waals surface area contributed by atoms with Crippen molar-refractivity contribution in [3.8, 4) is 0 Å². The zero-order chi connectivity index (χ0) is 16.9. The van der Waals surface area contributed by atoms with Gasteiger partial charge in [-0.05, 0) is 64.5 Å². The second-order valence-corrected chi connectivity index (χ2v) is 6.86. The van der Waals surface area contributed by atoms with Gasteiger partial charge in [0.2, 0.25) is 5.89 Å². The van der Waals surface area contributed by atoms with Crippen LogP contribution in [0.15, 0.2) is 29.0 Å². The van der Waals surface area contributed by atoms with Gasteiger partial charge in [0.1, 0.15) is 0 Å². The molecule has 0 amide bonds. The van der Waals surface area contributed by atoms with Gasteiger partial charge >= 0.3 is 0 Å². The highest BCUT2D eigenvalue weighted by Crippen LogP contribution is 2.36. The minimum absolute atomic E-state index is 0.472. The van der Waals surface area contributed by atoms with Crippen molar-refractivity contribution in [3.05, 3.63) is 41.8 Å². The predicted octanol–water partition coefficient (Wildman–Crippen LogP) is 2.33. The molecule has 3 rings (SSSR count). The summed E-state index contributed by atoms with van der Waals surface area (Å²) in [5.74, 6) is 2.11. The van der Waals surface area contributed by atoms with Crippen molar-refractivity contribution in [1.82, 2.24) is 24.9 Å². The fourth-order valence-electron chi connectivity index (χ4n) is 3.73. The van der Waals surface area contributed by atoms with E-state index in [0.717, 1.165) is 38.4 Å². The first-order chi connectivity index (χ1) is 11.6. The van der Waals surface area contributed by atoms with E-state index in [1.807, 2.05) is 25.4 Å². The molecule has 3 heterocycles. The second-order valence-electron chi connectivity index (χ2n) is 6.86. The van der Waals surface area contributed by atoms with Gasteiger partial charge in [0.05, 0.1) is 0 Å². The Balaban J connectivity index is 1.50. The number of hydrogen-bond donors (Lipinski definition) is 0. The molecular weight excluding hydrogens is 302 g/mol. The highest BCUT2D eigenvalue weighted by Gasteiger charge is 2.33. The van der Waals surface area contributed by atoms with E-state index in [9.17, 15) is 0 Å². The fraction of sp³-hybridized carbons (Fsp3) is 0.611. The summed E-state index contributed by atoms with van der Waals surface area (Å²) in [7, 11) is 4.42. The molecule has 6 nitrogen and oxygen atoms in total. The molecule has 2 aromatic heterocycles. The topological polar surface area (TPSA) is 58.3 Å². The zero-order valence-electron chi connectivity index (χ0n) is 14.9. The van der Waals surface area contributed by atoms with Crippen LogP contribution in [0.4, 0.5) is 0 Å². The van der Waals surface area contributed by atoms with E-state index in [1.54, 1.807) is 0 Å². The number of likely N-dealkylation sites (tertiary alicyclic amines) is 1. The smallest absolute Gasteiger partial charge is 0.226 e. The molecule has 130 valence electrons. The summed E-state index contributed by atoms with van der Waals surface area (Å²) < 4.78 is 5.18. The van der Waals surface area contributed by atoms with Crippen molar-refractivity contribution >= 4 is 0 Å². The molecule has 1 fully saturated rings. The molecule has 0 aliphatic carbocycles. The van der Waals surface area contributed by atoms with E-state index >= 15 is 0 Å². The summed E-state index contributed by atoms with van der Waals surface area (Å²) in [6.45, 7) is 5.15. The van der Waals surface area contributed by atoms with E-state index < -0.39 is 0 Å². The van der Waals surface area contributed by atoms with Gasteiger partial charge in [-0.25, -0.2) is 0 Å². The summed E-state index contributed by atoms with van der Waals surface area (Å²) >= 11 is 0. The molecule has 0 radical (unpaired) electrons. The normalized spacial score (nSPS) is 21.7. The van der Waals surface area contributed by atoms with Crippen LogP contribution in [0.3, 0.4) is 0 Å². The summed E-state index contributed by atoms with van der Waals surface area (Å²) in [6.07, 6.45) is 6.99. The van der Waals surface area contributed by atoms with Gasteiger partial charge in [0, 0.05) is 31.4 Å². The van der Waals surface area contributed by atoms with Crippen molar-refractivity contribution in [1.29, 1.82) is 0 Å². The lowest BCUT2D eigenvalue weighted by atomic mass is 9.94. The Hall–Kier alpha value is -1.79. The van der Waals surface area contributed by atoms with Crippen LogP contribution >= 0.6 is 0 Å². The minimum atomic E-state index is 0.472. The largest absolute Gasteiger partial charge is 0.339 e. The number of aromatic nitrogens is 3. The molecule has 1 aliphatic rings. The zero-order valence-corrected chi connectivity index (χ0v) is 14.9. The Bertz CT molecular complexity index is 629. The summed E-state index contributed by atoms with van der Waals surface area (Å²) in [6, 6.07) is 4.71. The first kappa shape index (κ1) is 17.0. The molecule has 2 aromatic rings. The summed E-state index contributed by atoms with van der Waals surface area (Å²) in [5, 5.41) is 3.84. The van der Waals surface area contributed by atoms with E-state index in [0.29, 0.717) is 17.8 Å².